The molecule has 1 aliphatic rings. The van der Waals surface area contributed by atoms with Crippen molar-refractivity contribution in [2.24, 2.45) is 0 Å². The van der Waals surface area contributed by atoms with Crippen LogP contribution in [0.4, 0.5) is 11.4 Å². The van der Waals surface area contributed by atoms with Gasteiger partial charge < -0.3 is 0 Å². The van der Waals surface area contributed by atoms with Crippen LogP contribution >= 0.6 is 0 Å². The Bertz CT molecular complexity index is 1340. The monoisotopic (exact) mass is 394 g/mol. The molecule has 1 aliphatic heterocycles. The van der Waals surface area contributed by atoms with Gasteiger partial charge in [-0.1, -0.05) is 54.6 Å². The lowest BCUT2D eigenvalue weighted by Crippen LogP contribution is -2.40. The molecule has 0 radical (unpaired) electrons. The second kappa shape index (κ2) is 6.63. The third-order valence-corrected chi connectivity index (χ3v) is 5.31. The number of hydrogen-bond donors (Lipinski definition) is 0. The molecule has 5 rings (SSSR count). The summed E-state index contributed by atoms with van der Waals surface area (Å²) in [6.45, 7) is 0. The minimum absolute atomic E-state index is 0.130. The molecule has 144 valence electrons. The lowest BCUT2D eigenvalue weighted by molar-refractivity contribution is -0.383. The average molecular weight is 394 g/mol. The molecule has 0 spiro atoms. The lowest BCUT2D eigenvalue weighted by atomic mass is 9.92. The molecule has 0 unspecified atom stereocenters. The maximum Gasteiger partial charge on any atom is 0.277 e. The number of nitrogens with zero attached hydrogens (tertiary/aromatic N) is 2. The molecule has 2 amide bonds. The summed E-state index contributed by atoms with van der Waals surface area (Å²) < 4.78 is 0. The predicted octanol–water partition coefficient (Wildman–Crippen LogP) is 5.22. The number of nitro benzene ring substituents is 1. The van der Waals surface area contributed by atoms with E-state index >= 15 is 0 Å². The first-order chi connectivity index (χ1) is 14.6. The van der Waals surface area contributed by atoms with Crippen LogP contribution in [0.15, 0.2) is 84.9 Å². The summed E-state index contributed by atoms with van der Waals surface area (Å²) in [6, 6.07) is 24.2. The van der Waals surface area contributed by atoms with Crippen molar-refractivity contribution >= 4 is 34.0 Å². The van der Waals surface area contributed by atoms with Gasteiger partial charge in [0.15, 0.2) is 0 Å². The van der Waals surface area contributed by atoms with E-state index in [0.29, 0.717) is 11.1 Å². The fraction of sp³-hybridized carbons (Fsp3) is 0. The molecule has 1 heterocycles. The first-order valence-corrected chi connectivity index (χ1v) is 9.31. The quantitative estimate of drug-likeness (QED) is 0.271. The highest BCUT2D eigenvalue weighted by molar-refractivity contribution is 6.37. The minimum Gasteiger partial charge on any atom is -0.268 e. The van der Waals surface area contributed by atoms with Crippen LogP contribution in [-0.4, -0.2) is 16.7 Å². The Hall–Kier alpha value is -4.32. The summed E-state index contributed by atoms with van der Waals surface area (Å²) in [5, 5.41) is 12.0. The van der Waals surface area contributed by atoms with E-state index < -0.39 is 16.7 Å². The van der Waals surface area contributed by atoms with Crippen LogP contribution in [0.2, 0.25) is 0 Å². The van der Waals surface area contributed by atoms with Crippen LogP contribution < -0.4 is 4.90 Å². The highest BCUT2D eigenvalue weighted by Crippen LogP contribution is 2.39. The number of para-hydroxylation sites is 1. The van der Waals surface area contributed by atoms with Crippen LogP contribution in [0, 0.1) is 10.1 Å². The van der Waals surface area contributed by atoms with Gasteiger partial charge in [0.05, 0.1) is 16.0 Å². The van der Waals surface area contributed by atoms with Crippen LogP contribution in [0.3, 0.4) is 0 Å². The molecule has 4 aromatic carbocycles. The number of amides is 2. The van der Waals surface area contributed by atoms with Gasteiger partial charge in [-0.2, -0.15) is 0 Å². The standard InChI is InChI=1S/C24H14N2O4/c27-23-18-11-6-10-17-21(26(29)30)14-13-19(22(17)18)24(28)25(23)20-12-5-4-9-16(20)15-7-2-1-3-8-15/h1-14H. The third kappa shape index (κ3) is 2.51. The molecule has 0 aromatic heterocycles. The first-order valence-electron chi connectivity index (χ1n) is 9.31. The van der Waals surface area contributed by atoms with Gasteiger partial charge in [-0.25, -0.2) is 4.90 Å². The Morgan fingerprint density at radius 3 is 2.03 bits per heavy atom. The van der Waals surface area contributed by atoms with Crippen LogP contribution in [0.5, 0.6) is 0 Å². The highest BCUT2D eigenvalue weighted by Gasteiger charge is 2.36. The number of benzene rings is 4. The van der Waals surface area contributed by atoms with E-state index in [0.717, 1.165) is 16.0 Å². The molecule has 6 nitrogen and oxygen atoms in total. The zero-order chi connectivity index (χ0) is 20.8. The number of carbonyl (C=O) groups excluding carboxylic acids is 2. The number of carbonyl (C=O) groups is 2. The van der Waals surface area contributed by atoms with E-state index in [1.165, 1.54) is 12.1 Å². The summed E-state index contributed by atoms with van der Waals surface area (Å²) in [5.41, 5.74) is 2.51. The van der Waals surface area contributed by atoms with Gasteiger partial charge in [-0.15, -0.1) is 0 Å². The topological polar surface area (TPSA) is 80.5 Å². The summed E-state index contributed by atoms with van der Waals surface area (Å²) in [4.78, 5) is 38.9. The summed E-state index contributed by atoms with van der Waals surface area (Å²) >= 11 is 0. The Kier molecular flexibility index (Phi) is 3.93. The Morgan fingerprint density at radius 2 is 1.30 bits per heavy atom. The normalized spacial score (nSPS) is 13.0. The molecular formula is C24H14N2O4. The van der Waals surface area contributed by atoms with Crippen molar-refractivity contribution in [3.8, 4) is 11.1 Å². The first kappa shape index (κ1) is 17.8. The van der Waals surface area contributed by atoms with E-state index in [9.17, 15) is 19.7 Å². The maximum atomic E-state index is 13.4. The molecule has 0 fully saturated rings. The van der Waals surface area contributed by atoms with Crippen molar-refractivity contribution < 1.29 is 14.5 Å². The summed E-state index contributed by atoms with van der Waals surface area (Å²) in [7, 11) is 0. The van der Waals surface area contributed by atoms with Crippen LogP contribution in [0.25, 0.3) is 21.9 Å². The molecule has 6 heteroatoms. The van der Waals surface area contributed by atoms with Gasteiger partial charge >= 0.3 is 0 Å². The van der Waals surface area contributed by atoms with Gasteiger partial charge in [-0.05, 0) is 29.8 Å². The summed E-state index contributed by atoms with van der Waals surface area (Å²) in [5.74, 6) is -0.996. The van der Waals surface area contributed by atoms with Gasteiger partial charge in [0, 0.05) is 28.1 Å². The van der Waals surface area contributed by atoms with E-state index in [1.54, 1.807) is 30.3 Å². The number of imide groups is 1. The zero-order valence-corrected chi connectivity index (χ0v) is 15.6. The third-order valence-electron chi connectivity index (χ3n) is 5.31. The van der Waals surface area contributed by atoms with Crippen LogP contribution in [-0.2, 0) is 0 Å². The van der Waals surface area contributed by atoms with Gasteiger partial charge in [0.25, 0.3) is 17.5 Å². The number of anilines is 1. The average Bonchev–Trinajstić information content (AvgIpc) is 2.78. The maximum absolute atomic E-state index is 13.4. The van der Waals surface area contributed by atoms with E-state index in [4.69, 9.17) is 0 Å². The van der Waals surface area contributed by atoms with Crippen molar-refractivity contribution in [2.45, 2.75) is 0 Å². The Balaban J connectivity index is 1.75. The second-order valence-corrected chi connectivity index (χ2v) is 6.95. The van der Waals surface area contributed by atoms with Crippen LogP contribution in [0.1, 0.15) is 20.7 Å². The Labute approximate surface area is 171 Å². The van der Waals surface area contributed by atoms with Crippen molar-refractivity contribution in [3.05, 3.63) is 106 Å². The fourth-order valence-corrected chi connectivity index (χ4v) is 3.99. The van der Waals surface area contributed by atoms with E-state index in [1.807, 2.05) is 42.5 Å². The zero-order valence-electron chi connectivity index (χ0n) is 15.6. The molecule has 4 aromatic rings. The minimum atomic E-state index is -0.505. The number of non-ortho nitro benzene ring substituents is 1. The number of hydrogen-bond acceptors (Lipinski definition) is 4. The van der Waals surface area contributed by atoms with Gasteiger partial charge in [0.2, 0.25) is 0 Å². The van der Waals surface area contributed by atoms with Crippen molar-refractivity contribution in [3.63, 3.8) is 0 Å². The van der Waals surface area contributed by atoms with Crippen molar-refractivity contribution in [1.82, 2.24) is 0 Å². The highest BCUT2D eigenvalue weighted by atomic mass is 16.6. The van der Waals surface area contributed by atoms with E-state index in [-0.39, 0.29) is 22.2 Å². The summed E-state index contributed by atoms with van der Waals surface area (Å²) in [6.07, 6.45) is 0. The Morgan fingerprint density at radius 1 is 0.667 bits per heavy atom. The molecule has 0 saturated carbocycles. The van der Waals surface area contributed by atoms with Crippen molar-refractivity contribution in [2.75, 3.05) is 4.90 Å². The smallest absolute Gasteiger partial charge is 0.268 e. The lowest BCUT2D eigenvalue weighted by Gasteiger charge is -2.28. The molecule has 0 aliphatic carbocycles. The van der Waals surface area contributed by atoms with Gasteiger partial charge in [-0.3, -0.25) is 19.7 Å². The fourth-order valence-electron chi connectivity index (χ4n) is 3.99. The largest absolute Gasteiger partial charge is 0.277 e. The van der Waals surface area contributed by atoms with Gasteiger partial charge in [0.1, 0.15) is 0 Å². The predicted molar refractivity (Wildman–Crippen MR) is 114 cm³/mol. The van der Waals surface area contributed by atoms with Crippen molar-refractivity contribution in [1.29, 1.82) is 0 Å². The number of rotatable bonds is 3. The second-order valence-electron chi connectivity index (χ2n) is 6.95. The SMILES string of the molecule is O=C1c2cccc3c([N+](=O)[O-])ccc(c23)C(=O)N1c1ccccc1-c1ccccc1. The molecule has 0 saturated heterocycles. The molecule has 0 atom stereocenters. The molecular weight excluding hydrogens is 380 g/mol. The molecule has 30 heavy (non-hydrogen) atoms. The number of nitro groups is 1. The van der Waals surface area contributed by atoms with E-state index in [2.05, 4.69) is 0 Å². The molecule has 0 N–H and O–H groups in total. The molecule has 0 bridgehead atoms.